The molecule has 0 radical (unpaired) electrons. The van der Waals surface area contributed by atoms with Gasteiger partial charge in [-0.2, -0.15) is 0 Å². The van der Waals surface area contributed by atoms with Crippen molar-refractivity contribution in [2.24, 2.45) is 4.99 Å². The van der Waals surface area contributed by atoms with E-state index < -0.39 is 0 Å². The average Bonchev–Trinajstić information content (AvgIpc) is 2.11. The highest BCUT2D eigenvalue weighted by molar-refractivity contribution is 5.54. The highest BCUT2D eigenvalue weighted by Gasteiger charge is 1.90. The largest absolute Gasteiger partial charge is 0.303 e. The van der Waals surface area contributed by atoms with Crippen LogP contribution in [0.15, 0.2) is 29.4 Å². The molecule has 0 aromatic heterocycles. The van der Waals surface area contributed by atoms with E-state index in [-0.39, 0.29) is 0 Å². The van der Waals surface area contributed by atoms with E-state index in [1.54, 1.807) is 18.5 Å². The normalized spacial score (nSPS) is 11.9. The van der Waals surface area contributed by atoms with Gasteiger partial charge in [-0.05, 0) is 25.3 Å². The van der Waals surface area contributed by atoms with Crippen LogP contribution in [0, 0.1) is 0 Å². The first-order valence-corrected chi connectivity index (χ1v) is 4.08. The molecule has 2 heteroatoms. The average molecular weight is 165 g/mol. The van der Waals surface area contributed by atoms with Crippen LogP contribution in [-0.4, -0.2) is 12.5 Å². The van der Waals surface area contributed by atoms with Crippen LogP contribution >= 0.6 is 0 Å². The molecule has 0 saturated carbocycles. The molecule has 0 heterocycles. The van der Waals surface area contributed by atoms with E-state index in [0.717, 1.165) is 24.7 Å². The molecule has 0 unspecified atom stereocenters. The second kappa shape index (κ2) is 7.92. The smallest absolute Gasteiger partial charge is 0.120 e. The molecule has 0 atom stereocenters. The molecule has 0 aromatic carbocycles. The van der Waals surface area contributed by atoms with Crippen molar-refractivity contribution in [2.45, 2.75) is 26.2 Å². The highest BCUT2D eigenvalue weighted by atomic mass is 16.1. The van der Waals surface area contributed by atoms with Crippen LogP contribution in [0.1, 0.15) is 26.2 Å². The molecule has 0 aromatic rings. The van der Waals surface area contributed by atoms with Gasteiger partial charge in [0.05, 0.1) is 0 Å². The fraction of sp³-hybridized carbons (Fsp3) is 0.400. The van der Waals surface area contributed by atoms with Gasteiger partial charge >= 0.3 is 0 Å². The van der Waals surface area contributed by atoms with Gasteiger partial charge in [-0.15, -0.1) is 0 Å². The Hall–Kier alpha value is -1.18. The first kappa shape index (κ1) is 10.8. The summed E-state index contributed by atoms with van der Waals surface area (Å²) >= 11 is 0. The quantitative estimate of drug-likeness (QED) is 0.257. The Balaban J connectivity index is 3.81. The Bertz CT molecular complexity index is 192. The number of nitrogens with zero attached hydrogens (tertiary/aromatic N) is 1. The first-order chi connectivity index (χ1) is 5.85. The third-order valence-corrected chi connectivity index (χ3v) is 1.44. The Morgan fingerprint density at radius 2 is 2.33 bits per heavy atom. The van der Waals surface area contributed by atoms with Crippen molar-refractivity contribution in [3.63, 3.8) is 0 Å². The van der Waals surface area contributed by atoms with Gasteiger partial charge in [0.2, 0.25) is 0 Å². The van der Waals surface area contributed by atoms with Crippen molar-refractivity contribution in [3.8, 4) is 0 Å². The van der Waals surface area contributed by atoms with Gasteiger partial charge in [0.1, 0.15) is 6.29 Å². The fourth-order valence-electron chi connectivity index (χ4n) is 0.779. The maximum atomic E-state index is 10.0. The predicted molar refractivity (Wildman–Crippen MR) is 52.4 cm³/mol. The molecule has 0 spiro atoms. The minimum atomic E-state index is 0.612. The van der Waals surface area contributed by atoms with Crippen molar-refractivity contribution >= 4 is 12.5 Å². The zero-order valence-corrected chi connectivity index (χ0v) is 7.49. The lowest BCUT2D eigenvalue weighted by atomic mass is 10.1. The fourth-order valence-corrected chi connectivity index (χ4v) is 0.779. The number of aliphatic imine (C=N–C) groups is 1. The summed E-state index contributed by atoms with van der Waals surface area (Å²) in [7, 11) is 0. The summed E-state index contributed by atoms with van der Waals surface area (Å²) < 4.78 is 0. The number of hydrogen-bond donors (Lipinski definition) is 0. The minimum absolute atomic E-state index is 0.612. The second-order valence-corrected chi connectivity index (χ2v) is 2.37. The van der Waals surface area contributed by atoms with Gasteiger partial charge in [0, 0.05) is 18.8 Å². The van der Waals surface area contributed by atoms with Gasteiger partial charge in [-0.3, -0.25) is 4.99 Å². The summed E-state index contributed by atoms with van der Waals surface area (Å²) in [5.41, 5.74) is 1.08. The second-order valence-electron chi connectivity index (χ2n) is 2.37. The summed E-state index contributed by atoms with van der Waals surface area (Å²) in [6.07, 6.45) is 8.57. The third kappa shape index (κ3) is 5.59. The van der Waals surface area contributed by atoms with Crippen molar-refractivity contribution in [1.29, 1.82) is 0 Å². The lowest BCUT2D eigenvalue weighted by Crippen LogP contribution is -1.80. The highest BCUT2D eigenvalue weighted by Crippen LogP contribution is 2.07. The molecule has 0 N–H and O–H groups in total. The topological polar surface area (TPSA) is 29.4 Å². The lowest BCUT2D eigenvalue weighted by molar-refractivity contribution is -0.107. The zero-order chi connectivity index (χ0) is 9.23. The Kier molecular flexibility index (Phi) is 7.14. The van der Waals surface area contributed by atoms with Gasteiger partial charge in [0.25, 0.3) is 0 Å². The SMILES string of the molecule is C=C/C(=C\N=CC)CCCC=O. The van der Waals surface area contributed by atoms with E-state index in [4.69, 9.17) is 0 Å². The lowest BCUT2D eigenvalue weighted by Gasteiger charge is -1.96. The molecule has 0 aliphatic rings. The van der Waals surface area contributed by atoms with E-state index in [0.29, 0.717) is 6.42 Å². The van der Waals surface area contributed by atoms with E-state index in [1.165, 1.54) is 0 Å². The number of allylic oxidation sites excluding steroid dienone is 2. The van der Waals surface area contributed by atoms with Gasteiger partial charge < -0.3 is 4.79 Å². The van der Waals surface area contributed by atoms with Crippen molar-refractivity contribution in [1.82, 2.24) is 0 Å². The van der Waals surface area contributed by atoms with Crippen LogP contribution in [0.4, 0.5) is 0 Å². The molecule has 66 valence electrons. The van der Waals surface area contributed by atoms with Gasteiger partial charge in [0.15, 0.2) is 0 Å². The number of carbonyl (C=O) groups excluding carboxylic acids is 1. The van der Waals surface area contributed by atoms with Crippen LogP contribution in [0.5, 0.6) is 0 Å². The van der Waals surface area contributed by atoms with E-state index in [2.05, 4.69) is 11.6 Å². The Labute approximate surface area is 73.7 Å². The molecule has 12 heavy (non-hydrogen) atoms. The van der Waals surface area contributed by atoms with Crippen molar-refractivity contribution in [3.05, 3.63) is 24.4 Å². The summed E-state index contributed by atoms with van der Waals surface area (Å²) in [6.45, 7) is 5.53. The maximum Gasteiger partial charge on any atom is 0.120 e. The standard InChI is InChI=1S/C10H15NO/c1-3-10(9-11-4-2)7-5-6-8-12/h3-4,8-9H,1,5-7H2,2H3/b10-9+,11-4?. The number of carbonyl (C=O) groups is 1. The Morgan fingerprint density at radius 1 is 1.58 bits per heavy atom. The van der Waals surface area contributed by atoms with Crippen molar-refractivity contribution < 1.29 is 4.79 Å². The van der Waals surface area contributed by atoms with E-state index in [9.17, 15) is 4.79 Å². The maximum absolute atomic E-state index is 10.0. The summed E-state index contributed by atoms with van der Waals surface area (Å²) in [5, 5.41) is 0. The van der Waals surface area contributed by atoms with Crippen LogP contribution in [0.25, 0.3) is 0 Å². The monoisotopic (exact) mass is 165 g/mol. The molecular formula is C10H15NO. The first-order valence-electron chi connectivity index (χ1n) is 4.08. The number of unbranched alkanes of at least 4 members (excludes halogenated alkanes) is 1. The Morgan fingerprint density at radius 3 is 2.83 bits per heavy atom. The van der Waals surface area contributed by atoms with Crippen LogP contribution < -0.4 is 0 Å². The summed E-state index contributed by atoms with van der Waals surface area (Å²) in [4.78, 5) is 14.0. The number of hydrogen-bond acceptors (Lipinski definition) is 2. The van der Waals surface area contributed by atoms with Gasteiger partial charge in [-0.1, -0.05) is 12.7 Å². The number of aldehydes is 1. The molecule has 0 rings (SSSR count). The van der Waals surface area contributed by atoms with Crippen LogP contribution in [0.3, 0.4) is 0 Å². The number of rotatable bonds is 6. The van der Waals surface area contributed by atoms with Gasteiger partial charge in [-0.25, -0.2) is 0 Å². The van der Waals surface area contributed by atoms with Crippen molar-refractivity contribution in [2.75, 3.05) is 0 Å². The van der Waals surface area contributed by atoms with Crippen LogP contribution in [0.2, 0.25) is 0 Å². The molecule has 0 saturated heterocycles. The molecule has 0 amide bonds. The molecular weight excluding hydrogens is 150 g/mol. The summed E-state index contributed by atoms with van der Waals surface area (Å²) in [6, 6.07) is 0. The van der Waals surface area contributed by atoms with E-state index in [1.807, 2.05) is 6.92 Å². The molecule has 0 aliphatic carbocycles. The zero-order valence-electron chi connectivity index (χ0n) is 7.49. The third-order valence-electron chi connectivity index (χ3n) is 1.44. The molecule has 0 bridgehead atoms. The summed E-state index contributed by atoms with van der Waals surface area (Å²) in [5.74, 6) is 0. The molecule has 0 aliphatic heterocycles. The molecule has 2 nitrogen and oxygen atoms in total. The van der Waals surface area contributed by atoms with E-state index >= 15 is 0 Å². The van der Waals surface area contributed by atoms with Crippen LogP contribution in [-0.2, 0) is 4.79 Å². The predicted octanol–water partition coefficient (Wildman–Crippen LogP) is 2.52. The minimum Gasteiger partial charge on any atom is -0.303 e. The molecule has 0 fully saturated rings.